The highest BCUT2D eigenvalue weighted by atomic mass is 15.0. The number of hydrogen-bond acceptors (Lipinski definition) is 2. The average molecular weight is 698 g/mol. The van der Waals surface area contributed by atoms with Crippen molar-refractivity contribution in [2.24, 2.45) is 0 Å². The molecule has 0 bridgehead atoms. The Morgan fingerprint density at radius 3 is 1.67 bits per heavy atom. The zero-order valence-corrected chi connectivity index (χ0v) is 29.7. The highest BCUT2D eigenvalue weighted by Gasteiger charge is 2.31. The van der Waals surface area contributed by atoms with Crippen LogP contribution in [0, 0.1) is 0 Å². The number of para-hydroxylation sites is 1. The molecule has 0 N–H and O–H groups in total. The van der Waals surface area contributed by atoms with Crippen molar-refractivity contribution >= 4 is 54.3 Å². The first-order valence-corrected chi connectivity index (χ1v) is 18.8. The van der Waals surface area contributed by atoms with Gasteiger partial charge in [0, 0.05) is 34.2 Å². The summed E-state index contributed by atoms with van der Waals surface area (Å²) in [6.07, 6.45) is 5.84. The van der Waals surface area contributed by atoms with E-state index in [0.29, 0.717) is 0 Å². The summed E-state index contributed by atoms with van der Waals surface area (Å²) in [4.78, 5) is 9.35. The molecule has 254 valence electrons. The minimum Gasteiger partial charge on any atom is -0.307 e. The first-order chi connectivity index (χ1) is 27.3. The molecule has 1 aliphatic carbocycles. The van der Waals surface area contributed by atoms with E-state index >= 15 is 0 Å². The zero-order valence-electron chi connectivity index (χ0n) is 29.7. The molecule has 3 aromatic heterocycles. The van der Waals surface area contributed by atoms with Crippen LogP contribution in [0.4, 0.5) is 0 Å². The van der Waals surface area contributed by atoms with Gasteiger partial charge in [-0.3, -0.25) is 9.97 Å². The topological polar surface area (TPSA) is 30.7 Å². The molecule has 3 heterocycles. The van der Waals surface area contributed by atoms with E-state index in [1.54, 1.807) is 0 Å². The number of rotatable bonds is 4. The Morgan fingerprint density at radius 2 is 0.964 bits per heavy atom. The molecule has 0 atom stereocenters. The van der Waals surface area contributed by atoms with Crippen LogP contribution in [0.2, 0.25) is 0 Å². The Morgan fingerprint density at radius 1 is 0.364 bits per heavy atom. The van der Waals surface area contributed by atoms with Gasteiger partial charge in [0.1, 0.15) is 0 Å². The Hall–Kier alpha value is -7.36. The molecule has 0 radical (unpaired) electrons. The quantitative estimate of drug-likeness (QED) is 0.183. The Labute approximate surface area is 317 Å². The van der Waals surface area contributed by atoms with E-state index in [2.05, 4.69) is 173 Å². The van der Waals surface area contributed by atoms with Crippen LogP contribution >= 0.6 is 0 Å². The molecule has 0 unspecified atom stereocenters. The lowest BCUT2D eigenvalue weighted by Crippen LogP contribution is -1.95. The van der Waals surface area contributed by atoms with E-state index in [1.807, 2.05) is 24.7 Å². The maximum absolute atomic E-state index is 4.81. The molecule has 12 rings (SSSR count). The first kappa shape index (κ1) is 30.1. The molecule has 0 saturated heterocycles. The first-order valence-electron chi connectivity index (χ1n) is 18.8. The van der Waals surface area contributed by atoms with Gasteiger partial charge in [-0.25, -0.2) is 0 Å². The molecule has 0 amide bonds. The second-order valence-corrected chi connectivity index (χ2v) is 14.5. The molecule has 8 aromatic carbocycles. The summed E-state index contributed by atoms with van der Waals surface area (Å²) >= 11 is 0. The van der Waals surface area contributed by atoms with Crippen molar-refractivity contribution in [2.75, 3.05) is 0 Å². The molecule has 0 aliphatic heterocycles. The van der Waals surface area contributed by atoms with Gasteiger partial charge >= 0.3 is 0 Å². The summed E-state index contributed by atoms with van der Waals surface area (Å²) in [5.41, 5.74) is 17.0. The highest BCUT2D eigenvalue weighted by Crippen LogP contribution is 2.58. The highest BCUT2D eigenvalue weighted by molar-refractivity contribution is 6.29. The van der Waals surface area contributed by atoms with Gasteiger partial charge in [-0.05, 0) is 101 Å². The van der Waals surface area contributed by atoms with Crippen molar-refractivity contribution in [3.63, 3.8) is 0 Å². The summed E-state index contributed by atoms with van der Waals surface area (Å²) in [5.74, 6) is 0. The van der Waals surface area contributed by atoms with Crippen LogP contribution in [0.1, 0.15) is 0 Å². The fraction of sp³-hybridized carbons (Fsp3) is 0. The number of nitrogens with zero attached hydrogens (tertiary/aromatic N) is 3. The van der Waals surface area contributed by atoms with Gasteiger partial charge in [0.2, 0.25) is 0 Å². The van der Waals surface area contributed by atoms with Crippen LogP contribution in [0.25, 0.3) is 116 Å². The molecular formula is C52H31N3. The number of benzene rings is 8. The van der Waals surface area contributed by atoms with Crippen molar-refractivity contribution in [2.45, 2.75) is 0 Å². The number of hydrogen-bond donors (Lipinski definition) is 0. The summed E-state index contributed by atoms with van der Waals surface area (Å²) < 4.78 is 2.34. The molecule has 0 fully saturated rings. The third-order valence-electron chi connectivity index (χ3n) is 11.7. The van der Waals surface area contributed by atoms with Gasteiger partial charge < -0.3 is 4.57 Å². The second-order valence-electron chi connectivity index (χ2n) is 14.5. The van der Waals surface area contributed by atoms with Gasteiger partial charge in [-0.2, -0.15) is 0 Å². The van der Waals surface area contributed by atoms with E-state index in [1.165, 1.54) is 77.2 Å². The number of fused-ring (bicyclic) bond motifs is 9. The van der Waals surface area contributed by atoms with E-state index in [-0.39, 0.29) is 0 Å². The van der Waals surface area contributed by atoms with E-state index in [4.69, 9.17) is 4.98 Å². The van der Waals surface area contributed by atoms with E-state index in [9.17, 15) is 0 Å². The van der Waals surface area contributed by atoms with Crippen LogP contribution < -0.4 is 0 Å². The molecule has 0 saturated carbocycles. The largest absolute Gasteiger partial charge is 0.307 e. The molecule has 0 spiro atoms. The maximum atomic E-state index is 4.81. The van der Waals surface area contributed by atoms with Crippen molar-refractivity contribution in [3.8, 4) is 61.3 Å². The van der Waals surface area contributed by atoms with E-state index in [0.717, 1.165) is 38.4 Å². The van der Waals surface area contributed by atoms with E-state index < -0.39 is 0 Å². The van der Waals surface area contributed by atoms with Crippen LogP contribution in [0.3, 0.4) is 0 Å². The van der Waals surface area contributed by atoms with Gasteiger partial charge in [-0.15, -0.1) is 0 Å². The predicted octanol–water partition coefficient (Wildman–Crippen LogP) is 13.7. The summed E-state index contributed by atoms with van der Waals surface area (Å²) in [6.45, 7) is 0. The Kier molecular flexibility index (Phi) is 6.34. The Bertz CT molecular complexity index is 3250. The van der Waals surface area contributed by atoms with Crippen LogP contribution in [-0.4, -0.2) is 14.5 Å². The standard InChI is InChI=1S/C52H31N3/c1-3-12-33(13-4-1)47-39-16-7-8-17-40(39)48(34-14-5-2-6-15-34)51-43-27-26-36(38-19-11-20-42(49(38)43)50(47)51)32-22-24-35(25-23-32)55-46-31-53-29-28-37(46)44-30-54-45-21-10-9-18-41(45)52(44)55/h1-31H. The minimum absolute atomic E-state index is 0.983. The number of aromatic nitrogens is 3. The van der Waals surface area contributed by atoms with Gasteiger partial charge in [0.25, 0.3) is 0 Å². The molecule has 1 aliphatic rings. The lowest BCUT2D eigenvalue weighted by atomic mass is 9.82. The molecule has 55 heavy (non-hydrogen) atoms. The summed E-state index contributed by atoms with van der Waals surface area (Å²) in [5, 5.41) is 8.54. The molecule has 3 nitrogen and oxygen atoms in total. The smallest absolute Gasteiger partial charge is 0.0725 e. The van der Waals surface area contributed by atoms with Crippen molar-refractivity contribution in [1.29, 1.82) is 0 Å². The molecule has 11 aromatic rings. The van der Waals surface area contributed by atoms with Crippen molar-refractivity contribution in [3.05, 3.63) is 188 Å². The maximum Gasteiger partial charge on any atom is 0.0725 e. The molecule has 3 heteroatoms. The molecular weight excluding hydrogens is 667 g/mol. The monoisotopic (exact) mass is 697 g/mol. The SMILES string of the molecule is c1ccc(-c2c3c(c(-c4ccccc4)c4ccccc24)-c2ccc(-c4ccc(-n5c6cnccc6c6cnc7ccccc7c65)cc4)c4cccc-3c24)cc1. The van der Waals surface area contributed by atoms with Gasteiger partial charge in [0.15, 0.2) is 0 Å². The lowest BCUT2D eigenvalue weighted by molar-refractivity contribution is 1.17. The van der Waals surface area contributed by atoms with Gasteiger partial charge in [-0.1, -0.05) is 146 Å². The predicted molar refractivity (Wildman–Crippen MR) is 230 cm³/mol. The third kappa shape index (κ3) is 4.26. The second kappa shape index (κ2) is 11.6. The van der Waals surface area contributed by atoms with Crippen molar-refractivity contribution in [1.82, 2.24) is 14.5 Å². The van der Waals surface area contributed by atoms with Gasteiger partial charge in [0.05, 0.1) is 22.7 Å². The lowest BCUT2D eigenvalue weighted by Gasteiger charge is -2.20. The van der Waals surface area contributed by atoms with Crippen molar-refractivity contribution < 1.29 is 0 Å². The normalized spacial score (nSPS) is 12.0. The fourth-order valence-electron chi connectivity index (χ4n) is 9.40. The van der Waals surface area contributed by atoms with Crippen LogP contribution in [0.5, 0.6) is 0 Å². The fourth-order valence-corrected chi connectivity index (χ4v) is 9.40. The van der Waals surface area contributed by atoms with Crippen LogP contribution in [-0.2, 0) is 0 Å². The van der Waals surface area contributed by atoms with Crippen LogP contribution in [0.15, 0.2) is 188 Å². The third-order valence-corrected chi connectivity index (χ3v) is 11.7. The summed E-state index contributed by atoms with van der Waals surface area (Å²) in [6, 6.07) is 61.9. The summed E-state index contributed by atoms with van der Waals surface area (Å²) in [7, 11) is 0. The minimum atomic E-state index is 0.983. The Balaban J connectivity index is 1.09. The average Bonchev–Trinajstić information content (AvgIpc) is 3.78. The number of pyridine rings is 2. The zero-order chi connectivity index (χ0) is 36.0.